The summed E-state index contributed by atoms with van der Waals surface area (Å²) in [5.41, 5.74) is 5.42. The number of rotatable bonds is 4. The number of carbonyl (C=O) groups is 1. The number of aliphatic hydroxyl groups is 1. The SMILES string of the molecule is CCC(C)(CO)NC(=O)c1[nH]ncc1N. The van der Waals surface area contributed by atoms with Gasteiger partial charge in [-0.05, 0) is 13.3 Å². The van der Waals surface area contributed by atoms with E-state index >= 15 is 0 Å². The van der Waals surface area contributed by atoms with E-state index in [0.29, 0.717) is 12.1 Å². The molecule has 1 rings (SSSR count). The summed E-state index contributed by atoms with van der Waals surface area (Å²) in [6.07, 6.45) is 2.00. The summed E-state index contributed by atoms with van der Waals surface area (Å²) in [7, 11) is 0. The minimum Gasteiger partial charge on any atom is -0.396 e. The number of aromatic nitrogens is 2. The van der Waals surface area contributed by atoms with Gasteiger partial charge in [-0.2, -0.15) is 5.10 Å². The van der Waals surface area contributed by atoms with Crippen molar-refractivity contribution in [3.8, 4) is 0 Å². The molecule has 0 aliphatic heterocycles. The van der Waals surface area contributed by atoms with Gasteiger partial charge < -0.3 is 16.2 Å². The monoisotopic (exact) mass is 212 g/mol. The van der Waals surface area contributed by atoms with E-state index in [1.165, 1.54) is 6.20 Å². The molecule has 0 aliphatic carbocycles. The Balaban J connectivity index is 2.76. The van der Waals surface area contributed by atoms with Crippen LogP contribution in [-0.2, 0) is 0 Å². The summed E-state index contributed by atoms with van der Waals surface area (Å²) < 4.78 is 0. The molecule has 0 fully saturated rings. The largest absolute Gasteiger partial charge is 0.396 e. The standard InChI is InChI=1S/C9H16N4O2/c1-3-9(2,5-14)12-8(15)7-6(10)4-11-13-7/h4,14H,3,5,10H2,1-2H3,(H,11,13)(H,12,15). The number of nitrogen functional groups attached to an aromatic ring is 1. The topological polar surface area (TPSA) is 104 Å². The highest BCUT2D eigenvalue weighted by atomic mass is 16.3. The molecule has 0 spiro atoms. The van der Waals surface area contributed by atoms with Crippen molar-refractivity contribution in [1.29, 1.82) is 0 Å². The fraction of sp³-hybridized carbons (Fsp3) is 0.556. The van der Waals surface area contributed by atoms with Gasteiger partial charge in [0.1, 0.15) is 5.69 Å². The van der Waals surface area contributed by atoms with Crippen molar-refractivity contribution < 1.29 is 9.90 Å². The maximum absolute atomic E-state index is 11.7. The number of hydrogen-bond acceptors (Lipinski definition) is 4. The van der Waals surface area contributed by atoms with Gasteiger partial charge in [0, 0.05) is 0 Å². The molecule has 15 heavy (non-hydrogen) atoms. The van der Waals surface area contributed by atoms with Crippen molar-refractivity contribution in [2.24, 2.45) is 0 Å². The summed E-state index contributed by atoms with van der Waals surface area (Å²) in [6.45, 7) is 3.52. The van der Waals surface area contributed by atoms with E-state index in [4.69, 9.17) is 10.8 Å². The second-order valence-electron chi connectivity index (χ2n) is 3.73. The van der Waals surface area contributed by atoms with E-state index in [1.807, 2.05) is 6.92 Å². The van der Waals surface area contributed by atoms with E-state index in [0.717, 1.165) is 0 Å². The molecule has 0 saturated carbocycles. The lowest BCUT2D eigenvalue weighted by Gasteiger charge is -2.26. The molecule has 1 aromatic rings. The lowest BCUT2D eigenvalue weighted by Crippen LogP contribution is -2.48. The first-order valence-corrected chi connectivity index (χ1v) is 4.74. The van der Waals surface area contributed by atoms with Crippen LogP contribution in [0.15, 0.2) is 6.20 Å². The maximum atomic E-state index is 11.7. The van der Waals surface area contributed by atoms with E-state index in [9.17, 15) is 4.79 Å². The minimum atomic E-state index is -0.630. The van der Waals surface area contributed by atoms with Gasteiger partial charge in [0.25, 0.3) is 5.91 Å². The number of nitrogens with two attached hydrogens (primary N) is 1. The highest BCUT2D eigenvalue weighted by Crippen LogP contribution is 2.11. The Morgan fingerprint density at radius 1 is 1.80 bits per heavy atom. The van der Waals surface area contributed by atoms with Crippen molar-refractivity contribution >= 4 is 11.6 Å². The van der Waals surface area contributed by atoms with Gasteiger partial charge in [-0.25, -0.2) is 0 Å². The van der Waals surface area contributed by atoms with Crippen LogP contribution in [0.25, 0.3) is 0 Å². The van der Waals surface area contributed by atoms with Crippen LogP contribution in [-0.4, -0.2) is 33.4 Å². The molecule has 1 unspecified atom stereocenters. The van der Waals surface area contributed by atoms with Crippen LogP contribution >= 0.6 is 0 Å². The van der Waals surface area contributed by atoms with Gasteiger partial charge in [0.05, 0.1) is 24.0 Å². The number of nitrogens with zero attached hydrogens (tertiary/aromatic N) is 1. The first kappa shape index (κ1) is 11.5. The highest BCUT2D eigenvalue weighted by molar-refractivity contribution is 5.97. The zero-order valence-corrected chi connectivity index (χ0v) is 8.87. The number of aliphatic hydroxyl groups excluding tert-OH is 1. The van der Waals surface area contributed by atoms with Crippen LogP contribution in [0.5, 0.6) is 0 Å². The van der Waals surface area contributed by atoms with E-state index in [-0.39, 0.29) is 18.2 Å². The average Bonchev–Trinajstić information content (AvgIpc) is 2.64. The van der Waals surface area contributed by atoms with Gasteiger partial charge in [-0.15, -0.1) is 0 Å². The summed E-state index contributed by atoms with van der Waals surface area (Å²) in [6, 6.07) is 0. The second kappa shape index (κ2) is 4.31. The fourth-order valence-corrected chi connectivity index (χ4v) is 1.05. The van der Waals surface area contributed by atoms with Crippen LogP contribution in [0.2, 0.25) is 0 Å². The first-order chi connectivity index (χ1) is 7.02. The van der Waals surface area contributed by atoms with E-state index in [2.05, 4.69) is 15.5 Å². The van der Waals surface area contributed by atoms with E-state index in [1.54, 1.807) is 6.92 Å². The molecule has 0 aromatic carbocycles. The molecule has 1 amide bonds. The van der Waals surface area contributed by atoms with Gasteiger partial charge in [0.2, 0.25) is 0 Å². The quantitative estimate of drug-likeness (QED) is 0.558. The van der Waals surface area contributed by atoms with E-state index < -0.39 is 5.54 Å². The Labute approximate surface area is 87.9 Å². The summed E-state index contributed by atoms with van der Waals surface area (Å²) in [4.78, 5) is 11.7. The molecular weight excluding hydrogens is 196 g/mol. The number of hydrogen-bond donors (Lipinski definition) is 4. The van der Waals surface area contributed by atoms with Crippen molar-refractivity contribution in [3.63, 3.8) is 0 Å². The zero-order chi connectivity index (χ0) is 11.5. The Morgan fingerprint density at radius 2 is 2.47 bits per heavy atom. The van der Waals surface area contributed by atoms with Crippen LogP contribution in [0.4, 0.5) is 5.69 Å². The average molecular weight is 212 g/mol. The molecule has 1 atom stereocenters. The zero-order valence-electron chi connectivity index (χ0n) is 8.87. The first-order valence-electron chi connectivity index (χ1n) is 4.74. The van der Waals surface area contributed by atoms with Gasteiger partial charge in [0.15, 0.2) is 0 Å². The Kier molecular flexibility index (Phi) is 3.31. The molecule has 0 aliphatic rings. The minimum absolute atomic E-state index is 0.122. The number of H-pyrrole nitrogens is 1. The third-order valence-electron chi connectivity index (χ3n) is 2.44. The van der Waals surface area contributed by atoms with Crippen molar-refractivity contribution in [2.75, 3.05) is 12.3 Å². The normalized spacial score (nSPS) is 14.6. The Bertz CT molecular complexity index is 344. The molecule has 84 valence electrons. The van der Waals surface area contributed by atoms with Crippen LogP contribution in [0, 0.1) is 0 Å². The molecule has 0 saturated heterocycles. The number of nitrogens with one attached hydrogen (secondary N) is 2. The number of anilines is 1. The second-order valence-corrected chi connectivity index (χ2v) is 3.73. The third-order valence-corrected chi connectivity index (χ3v) is 2.44. The van der Waals surface area contributed by atoms with Crippen LogP contribution in [0.3, 0.4) is 0 Å². The third kappa shape index (κ3) is 2.47. The summed E-state index contributed by atoms with van der Waals surface area (Å²) in [5.74, 6) is -0.358. The predicted molar refractivity (Wildman–Crippen MR) is 56.2 cm³/mol. The predicted octanol–water partition coefficient (Wildman–Crippen LogP) is -0.117. The smallest absolute Gasteiger partial charge is 0.271 e. The van der Waals surface area contributed by atoms with Crippen molar-refractivity contribution in [3.05, 3.63) is 11.9 Å². The molecular formula is C9H16N4O2. The molecule has 0 radical (unpaired) electrons. The van der Waals surface area contributed by atoms with Crippen molar-refractivity contribution in [1.82, 2.24) is 15.5 Å². The molecule has 1 heterocycles. The lowest BCUT2D eigenvalue weighted by atomic mass is 10.00. The molecule has 0 bridgehead atoms. The van der Waals surface area contributed by atoms with Crippen molar-refractivity contribution in [2.45, 2.75) is 25.8 Å². The molecule has 5 N–H and O–H groups in total. The number of aromatic amines is 1. The number of amides is 1. The summed E-state index contributed by atoms with van der Waals surface area (Å²) in [5, 5.41) is 18.0. The Hall–Kier alpha value is -1.56. The van der Waals surface area contributed by atoms with Crippen LogP contribution < -0.4 is 11.1 Å². The maximum Gasteiger partial charge on any atom is 0.271 e. The summed E-state index contributed by atoms with van der Waals surface area (Å²) >= 11 is 0. The molecule has 6 heteroatoms. The van der Waals surface area contributed by atoms with Gasteiger partial charge in [-0.1, -0.05) is 6.92 Å². The highest BCUT2D eigenvalue weighted by Gasteiger charge is 2.25. The molecule has 6 nitrogen and oxygen atoms in total. The fourth-order valence-electron chi connectivity index (χ4n) is 1.05. The van der Waals surface area contributed by atoms with Crippen LogP contribution in [0.1, 0.15) is 30.8 Å². The van der Waals surface area contributed by atoms with Gasteiger partial charge in [-0.3, -0.25) is 9.89 Å². The Morgan fingerprint density at radius 3 is 2.87 bits per heavy atom. The number of carbonyl (C=O) groups excluding carboxylic acids is 1. The van der Waals surface area contributed by atoms with Gasteiger partial charge >= 0.3 is 0 Å². The lowest BCUT2D eigenvalue weighted by molar-refractivity contribution is 0.0843. The molecule has 1 aromatic heterocycles.